The highest BCUT2D eigenvalue weighted by molar-refractivity contribution is 6.31. The van der Waals surface area contributed by atoms with Crippen LogP contribution in [0, 0.1) is 0 Å². The highest BCUT2D eigenvalue weighted by atomic mass is 35.5. The van der Waals surface area contributed by atoms with Crippen molar-refractivity contribution in [2.24, 2.45) is 0 Å². The maximum absolute atomic E-state index is 13.0. The number of rotatable bonds is 8. The second-order valence-corrected chi connectivity index (χ2v) is 8.28. The number of anilines is 2. The first-order valence-electron chi connectivity index (χ1n) is 10.3. The molecule has 1 aromatic heterocycles. The Bertz CT molecular complexity index is 957. The number of carbonyl (C=O) groups excluding carboxylic acids is 2. The van der Waals surface area contributed by atoms with E-state index < -0.39 is 22.7 Å². The lowest BCUT2D eigenvalue weighted by atomic mass is 10.2. The third kappa shape index (κ3) is 6.46. The number of nitrogens with one attached hydrogen (secondary N) is 2. The van der Waals surface area contributed by atoms with E-state index in [1.165, 1.54) is 6.07 Å². The van der Waals surface area contributed by atoms with Crippen molar-refractivity contribution in [3.63, 3.8) is 0 Å². The summed E-state index contributed by atoms with van der Waals surface area (Å²) in [6.45, 7) is 0.211. The molecule has 2 N–H and O–H groups in total. The predicted molar refractivity (Wildman–Crippen MR) is 116 cm³/mol. The molecule has 0 spiro atoms. The third-order valence-electron chi connectivity index (χ3n) is 5.30. The largest absolute Gasteiger partial charge is 0.417 e. The summed E-state index contributed by atoms with van der Waals surface area (Å²) in [7, 11) is 1.65. The van der Waals surface area contributed by atoms with Gasteiger partial charge in [-0.2, -0.15) is 18.3 Å². The van der Waals surface area contributed by atoms with Gasteiger partial charge < -0.3 is 10.6 Å². The van der Waals surface area contributed by atoms with Crippen molar-refractivity contribution in [3.8, 4) is 0 Å². The fraction of sp³-hybridized carbons (Fsp3) is 0.476. The minimum atomic E-state index is -4.62. The second-order valence-electron chi connectivity index (χ2n) is 7.88. The molecule has 11 heteroatoms. The van der Waals surface area contributed by atoms with E-state index in [1.807, 2.05) is 4.68 Å². The van der Waals surface area contributed by atoms with Gasteiger partial charge in [-0.3, -0.25) is 14.5 Å². The van der Waals surface area contributed by atoms with Gasteiger partial charge in [0.1, 0.15) is 5.82 Å². The summed E-state index contributed by atoms with van der Waals surface area (Å²) < 4.78 is 40.7. The Hall–Kier alpha value is -2.59. The van der Waals surface area contributed by atoms with Crippen LogP contribution >= 0.6 is 11.6 Å². The van der Waals surface area contributed by atoms with Gasteiger partial charge in [0.25, 0.3) is 0 Å². The Balaban J connectivity index is 1.46. The number of amides is 2. The fourth-order valence-electron chi connectivity index (χ4n) is 3.70. The summed E-state index contributed by atoms with van der Waals surface area (Å²) >= 11 is 5.59. The van der Waals surface area contributed by atoms with Gasteiger partial charge in [-0.1, -0.05) is 24.4 Å². The standard InChI is InChI=1S/C21H25ClF3N5O2/c1-29(13-20(32)27-14-6-7-17(22)16(12-14)21(23,24)25)11-9-19(31)28-18-8-10-26-30(18)15-4-2-3-5-15/h6-8,10,12,15H,2-5,9,11,13H2,1H3,(H,27,32)(H,28,31). The van der Waals surface area contributed by atoms with Crippen LogP contribution < -0.4 is 10.6 Å². The Labute approximate surface area is 188 Å². The molecule has 0 radical (unpaired) electrons. The van der Waals surface area contributed by atoms with Gasteiger partial charge in [-0.25, -0.2) is 4.68 Å². The molecule has 0 bridgehead atoms. The van der Waals surface area contributed by atoms with Crippen LogP contribution in [-0.4, -0.2) is 46.6 Å². The first-order chi connectivity index (χ1) is 15.1. The van der Waals surface area contributed by atoms with Crippen LogP contribution in [0.3, 0.4) is 0 Å². The first-order valence-corrected chi connectivity index (χ1v) is 10.7. The quantitative estimate of drug-likeness (QED) is 0.591. The lowest BCUT2D eigenvalue weighted by Crippen LogP contribution is -2.32. The predicted octanol–water partition coefficient (Wildman–Crippen LogP) is 4.57. The molecule has 1 fully saturated rings. The van der Waals surface area contributed by atoms with E-state index >= 15 is 0 Å². The molecule has 2 aromatic rings. The summed E-state index contributed by atoms with van der Waals surface area (Å²) in [5, 5.41) is 9.16. The van der Waals surface area contributed by atoms with Crippen LogP contribution in [0.25, 0.3) is 0 Å². The minimum Gasteiger partial charge on any atom is -0.325 e. The van der Waals surface area contributed by atoms with Crippen LogP contribution in [0.15, 0.2) is 30.5 Å². The van der Waals surface area contributed by atoms with Crippen molar-refractivity contribution >= 4 is 34.9 Å². The van der Waals surface area contributed by atoms with Gasteiger partial charge in [-0.05, 0) is 38.1 Å². The fourth-order valence-corrected chi connectivity index (χ4v) is 3.92. The van der Waals surface area contributed by atoms with Crippen molar-refractivity contribution in [1.29, 1.82) is 0 Å². The molecular weight excluding hydrogens is 447 g/mol. The van der Waals surface area contributed by atoms with E-state index in [2.05, 4.69) is 15.7 Å². The maximum Gasteiger partial charge on any atom is 0.417 e. The Morgan fingerprint density at radius 1 is 1.19 bits per heavy atom. The second kappa shape index (κ2) is 10.4. The zero-order chi connectivity index (χ0) is 23.3. The summed E-state index contributed by atoms with van der Waals surface area (Å²) in [6, 6.07) is 5.24. The van der Waals surface area contributed by atoms with Gasteiger partial charge >= 0.3 is 6.18 Å². The van der Waals surface area contributed by atoms with Crippen molar-refractivity contribution in [2.75, 3.05) is 30.8 Å². The topological polar surface area (TPSA) is 79.3 Å². The lowest BCUT2D eigenvalue weighted by molar-refractivity contribution is -0.137. The van der Waals surface area contributed by atoms with E-state index in [0.29, 0.717) is 18.4 Å². The average Bonchev–Trinajstić information content (AvgIpc) is 3.38. The maximum atomic E-state index is 13.0. The van der Waals surface area contributed by atoms with Crippen LogP contribution in [0.4, 0.5) is 24.7 Å². The van der Waals surface area contributed by atoms with Gasteiger partial charge in [0, 0.05) is 24.7 Å². The van der Waals surface area contributed by atoms with Crippen molar-refractivity contribution in [3.05, 3.63) is 41.0 Å². The SMILES string of the molecule is CN(CCC(=O)Nc1ccnn1C1CCCC1)CC(=O)Nc1ccc(Cl)c(C(F)(F)F)c1. The van der Waals surface area contributed by atoms with Gasteiger partial charge in [0.05, 0.1) is 29.4 Å². The smallest absolute Gasteiger partial charge is 0.325 e. The third-order valence-corrected chi connectivity index (χ3v) is 5.63. The van der Waals surface area contributed by atoms with Crippen LogP contribution in [0.2, 0.25) is 5.02 Å². The van der Waals surface area contributed by atoms with Gasteiger partial charge in [0.15, 0.2) is 0 Å². The Morgan fingerprint density at radius 2 is 1.91 bits per heavy atom. The molecule has 1 aromatic carbocycles. The molecule has 0 saturated heterocycles. The number of aromatic nitrogens is 2. The summed E-state index contributed by atoms with van der Waals surface area (Å²) in [5.74, 6) is -0.0438. The first kappa shape index (κ1) is 24.1. The van der Waals surface area contributed by atoms with Crippen LogP contribution in [0.1, 0.15) is 43.7 Å². The number of nitrogens with zero attached hydrogens (tertiary/aromatic N) is 3. The van der Waals surface area contributed by atoms with Gasteiger partial charge in [0.2, 0.25) is 11.8 Å². The average molecular weight is 472 g/mol. The zero-order valence-corrected chi connectivity index (χ0v) is 18.3. The lowest BCUT2D eigenvalue weighted by Gasteiger charge is -2.18. The van der Waals surface area contributed by atoms with E-state index in [4.69, 9.17) is 11.6 Å². The molecular formula is C21H25ClF3N5O2. The number of likely N-dealkylation sites (N-methyl/N-ethyl adjacent to an activating group) is 1. The minimum absolute atomic E-state index is 0.00181. The number of hydrogen-bond acceptors (Lipinski definition) is 4. The zero-order valence-electron chi connectivity index (χ0n) is 17.6. The Morgan fingerprint density at radius 3 is 2.59 bits per heavy atom. The van der Waals surface area contributed by atoms with Crippen LogP contribution in [0.5, 0.6) is 0 Å². The molecule has 32 heavy (non-hydrogen) atoms. The molecule has 3 rings (SSSR count). The molecule has 0 unspecified atom stereocenters. The monoisotopic (exact) mass is 471 g/mol. The molecule has 1 aliphatic carbocycles. The Kier molecular flexibility index (Phi) is 7.78. The molecule has 1 heterocycles. The molecule has 1 saturated carbocycles. The highest BCUT2D eigenvalue weighted by Crippen LogP contribution is 2.36. The summed E-state index contributed by atoms with van der Waals surface area (Å²) in [4.78, 5) is 26.1. The number of benzene rings is 1. The molecule has 174 valence electrons. The number of hydrogen-bond donors (Lipinski definition) is 2. The van der Waals surface area contributed by atoms with E-state index in [9.17, 15) is 22.8 Å². The van der Waals surface area contributed by atoms with Crippen molar-refractivity contribution < 1.29 is 22.8 Å². The van der Waals surface area contributed by atoms with Gasteiger partial charge in [-0.15, -0.1) is 0 Å². The summed E-state index contributed by atoms with van der Waals surface area (Å²) in [5.41, 5.74) is -1.02. The summed E-state index contributed by atoms with van der Waals surface area (Å²) in [6.07, 6.45) is 1.58. The number of alkyl halides is 3. The van der Waals surface area contributed by atoms with Crippen molar-refractivity contribution in [1.82, 2.24) is 14.7 Å². The van der Waals surface area contributed by atoms with E-state index in [-0.39, 0.29) is 24.6 Å². The van der Waals surface area contributed by atoms with Crippen molar-refractivity contribution in [2.45, 2.75) is 44.3 Å². The van der Waals surface area contributed by atoms with Crippen LogP contribution in [-0.2, 0) is 15.8 Å². The normalized spacial score (nSPS) is 14.7. The molecule has 0 atom stereocenters. The molecule has 0 aliphatic heterocycles. The van der Waals surface area contributed by atoms with E-state index in [0.717, 1.165) is 37.8 Å². The molecule has 7 nitrogen and oxygen atoms in total. The number of carbonyl (C=O) groups is 2. The highest BCUT2D eigenvalue weighted by Gasteiger charge is 2.33. The molecule has 1 aliphatic rings. The molecule has 2 amide bonds. The van der Waals surface area contributed by atoms with E-state index in [1.54, 1.807) is 24.2 Å². The number of halogens is 4.